The highest BCUT2D eigenvalue weighted by Crippen LogP contribution is 2.38. The van der Waals surface area contributed by atoms with Gasteiger partial charge in [-0.1, -0.05) is 25.4 Å². The minimum atomic E-state index is -4.61. The first kappa shape index (κ1) is 24.3. The van der Waals surface area contributed by atoms with Crippen LogP contribution >= 0.6 is 0 Å². The number of carbonyl (C=O) groups is 2. The van der Waals surface area contributed by atoms with Gasteiger partial charge in [-0.05, 0) is 25.0 Å². The van der Waals surface area contributed by atoms with Crippen LogP contribution in [-0.4, -0.2) is 53.9 Å². The molecule has 2 N–H and O–H groups in total. The number of aryl methyl sites for hydroxylation is 1. The minimum absolute atomic E-state index is 0.0203. The molecule has 2 aromatic rings. The zero-order valence-corrected chi connectivity index (χ0v) is 17.6. The molecule has 0 aliphatic rings. The molecule has 1 heterocycles. The summed E-state index contributed by atoms with van der Waals surface area (Å²) in [7, 11) is 1.57. The summed E-state index contributed by atoms with van der Waals surface area (Å²) < 4.78 is 50.0. The number of carboxylic acid groups (broad SMARTS) is 1. The molecule has 0 radical (unpaired) electrons. The summed E-state index contributed by atoms with van der Waals surface area (Å²) in [6.45, 7) is 3.98. The van der Waals surface area contributed by atoms with Crippen LogP contribution in [-0.2, 0) is 17.4 Å². The van der Waals surface area contributed by atoms with Crippen molar-refractivity contribution in [1.29, 1.82) is 0 Å². The third kappa shape index (κ3) is 6.25. The second-order valence-corrected chi connectivity index (χ2v) is 7.25. The Hall–Kier alpha value is -2.98. The molecule has 2 rings (SSSR count). The molecule has 0 spiro atoms. The van der Waals surface area contributed by atoms with Crippen LogP contribution in [0.25, 0.3) is 11.0 Å². The van der Waals surface area contributed by atoms with Gasteiger partial charge in [-0.3, -0.25) is 4.79 Å². The summed E-state index contributed by atoms with van der Waals surface area (Å²) in [4.78, 5) is 24.2. The Balaban J connectivity index is 1.96. The third-order valence-electron chi connectivity index (χ3n) is 4.69. The number of amides is 2. The molecule has 1 aromatic carbocycles. The number of aromatic nitrogens is 1. The van der Waals surface area contributed by atoms with Crippen molar-refractivity contribution in [3.8, 4) is 5.75 Å². The summed E-state index contributed by atoms with van der Waals surface area (Å²) in [5, 5.41) is 14.5. The van der Waals surface area contributed by atoms with Gasteiger partial charge in [0.15, 0.2) is 11.3 Å². The number of carbonyl (C=O) groups excluding carboxylic acids is 1. The Morgan fingerprint density at radius 1 is 1.35 bits per heavy atom. The lowest BCUT2D eigenvalue weighted by atomic mass is 10.0. The molecule has 8 nitrogen and oxygen atoms in total. The number of nitrogens with zero attached hydrogens (tertiary/aromatic N) is 2. The molecule has 31 heavy (non-hydrogen) atoms. The average molecular weight is 445 g/mol. The van der Waals surface area contributed by atoms with Gasteiger partial charge in [-0.2, -0.15) is 13.2 Å². The summed E-state index contributed by atoms with van der Waals surface area (Å²) in [6, 6.07) is 2.36. The molecule has 1 atom stereocenters. The van der Waals surface area contributed by atoms with E-state index in [1.54, 1.807) is 7.05 Å². The van der Waals surface area contributed by atoms with Crippen molar-refractivity contribution >= 4 is 23.0 Å². The number of halogens is 3. The highest BCUT2D eigenvalue weighted by atomic mass is 19.4. The van der Waals surface area contributed by atoms with Crippen LogP contribution < -0.4 is 10.1 Å². The maximum Gasteiger partial charge on any atom is 0.437 e. The van der Waals surface area contributed by atoms with Gasteiger partial charge in [0.25, 0.3) is 0 Å². The molecule has 0 saturated carbocycles. The fourth-order valence-electron chi connectivity index (χ4n) is 2.92. The van der Waals surface area contributed by atoms with Crippen LogP contribution in [0.1, 0.15) is 37.9 Å². The van der Waals surface area contributed by atoms with Crippen LogP contribution in [0.2, 0.25) is 0 Å². The number of nitrogens with one attached hydrogen (secondary N) is 1. The number of urea groups is 1. The molecule has 11 heteroatoms. The highest BCUT2D eigenvalue weighted by molar-refractivity contribution is 5.85. The van der Waals surface area contributed by atoms with Crippen molar-refractivity contribution in [2.45, 2.75) is 39.3 Å². The first-order chi connectivity index (χ1) is 14.6. The molecule has 2 amide bonds. The van der Waals surface area contributed by atoms with E-state index in [0.29, 0.717) is 37.1 Å². The molecular formula is C20H26F3N3O5. The zero-order valence-electron chi connectivity index (χ0n) is 17.6. The van der Waals surface area contributed by atoms with Crippen molar-refractivity contribution in [1.82, 2.24) is 15.4 Å². The average Bonchev–Trinajstić information content (AvgIpc) is 3.15. The molecule has 0 bridgehead atoms. The number of benzene rings is 1. The predicted molar refractivity (Wildman–Crippen MR) is 106 cm³/mol. The lowest BCUT2D eigenvalue weighted by Crippen LogP contribution is -2.41. The maximum absolute atomic E-state index is 13.1. The van der Waals surface area contributed by atoms with E-state index < -0.39 is 29.8 Å². The monoisotopic (exact) mass is 445 g/mol. The van der Waals surface area contributed by atoms with E-state index >= 15 is 0 Å². The summed E-state index contributed by atoms with van der Waals surface area (Å²) >= 11 is 0. The number of fused-ring (bicyclic) bond motifs is 1. The highest BCUT2D eigenvalue weighted by Gasteiger charge is 2.37. The molecule has 1 unspecified atom stereocenters. The Labute approximate surface area is 177 Å². The number of hydrogen-bond donors (Lipinski definition) is 2. The first-order valence-electron chi connectivity index (χ1n) is 9.89. The zero-order chi connectivity index (χ0) is 23.2. The number of carboxylic acids is 1. The van der Waals surface area contributed by atoms with Gasteiger partial charge in [-0.15, -0.1) is 0 Å². The van der Waals surface area contributed by atoms with Crippen molar-refractivity contribution < 1.29 is 37.1 Å². The standard InChI is InChI=1S/C20H26F3N3O5/c1-4-6-13-15(8-7-14-16(13)31-25-17(14)20(21,22)23)30-10-5-9-26(3)19(29)24-11-12(2)18(27)28/h7-8,12H,4-6,9-11H2,1-3H3,(H,24,29)(H,27,28). The lowest BCUT2D eigenvalue weighted by molar-refractivity contribution is -0.142. The predicted octanol–water partition coefficient (Wildman–Crippen LogP) is 3.93. The van der Waals surface area contributed by atoms with Crippen LogP contribution in [0.15, 0.2) is 16.7 Å². The summed E-state index contributed by atoms with van der Waals surface area (Å²) in [6.07, 6.45) is -3.00. The third-order valence-corrected chi connectivity index (χ3v) is 4.69. The molecule has 0 aliphatic carbocycles. The van der Waals surface area contributed by atoms with Crippen LogP contribution in [0.5, 0.6) is 5.75 Å². The van der Waals surface area contributed by atoms with Crippen molar-refractivity contribution in [3.05, 3.63) is 23.4 Å². The minimum Gasteiger partial charge on any atom is -0.493 e. The lowest BCUT2D eigenvalue weighted by Gasteiger charge is -2.19. The molecule has 0 saturated heterocycles. The Morgan fingerprint density at radius 3 is 2.68 bits per heavy atom. The molecular weight excluding hydrogens is 419 g/mol. The summed E-state index contributed by atoms with van der Waals surface area (Å²) in [5.74, 6) is -1.27. The number of aliphatic carboxylic acids is 1. The second kappa shape index (κ2) is 10.4. The van der Waals surface area contributed by atoms with E-state index in [2.05, 4.69) is 10.5 Å². The first-order valence-corrected chi connectivity index (χ1v) is 9.89. The van der Waals surface area contributed by atoms with Crippen LogP contribution in [0, 0.1) is 5.92 Å². The molecule has 172 valence electrons. The number of hydrogen-bond acceptors (Lipinski definition) is 5. The summed E-state index contributed by atoms with van der Waals surface area (Å²) in [5.41, 5.74) is -0.469. The number of rotatable bonds is 10. The topological polar surface area (TPSA) is 105 Å². The van der Waals surface area contributed by atoms with E-state index in [-0.39, 0.29) is 24.1 Å². The van der Waals surface area contributed by atoms with Gasteiger partial charge < -0.3 is 24.6 Å². The fourth-order valence-corrected chi connectivity index (χ4v) is 2.92. The van der Waals surface area contributed by atoms with Gasteiger partial charge in [0.05, 0.1) is 17.9 Å². The quantitative estimate of drug-likeness (QED) is 0.537. The number of alkyl halides is 3. The maximum atomic E-state index is 13.1. The Morgan fingerprint density at radius 2 is 2.06 bits per heavy atom. The van der Waals surface area contributed by atoms with Gasteiger partial charge >= 0.3 is 18.2 Å². The second-order valence-electron chi connectivity index (χ2n) is 7.25. The smallest absolute Gasteiger partial charge is 0.437 e. The van der Waals surface area contributed by atoms with E-state index in [0.717, 1.165) is 0 Å². The molecule has 1 aromatic heterocycles. The van der Waals surface area contributed by atoms with Crippen LogP contribution in [0.3, 0.4) is 0 Å². The number of ether oxygens (including phenoxy) is 1. The fraction of sp³-hybridized carbons (Fsp3) is 0.550. The SMILES string of the molecule is CCCc1c(OCCCN(C)C(=O)NCC(C)C(=O)O)ccc2c(C(F)(F)F)noc12. The van der Waals surface area contributed by atoms with Crippen molar-refractivity contribution in [2.75, 3.05) is 26.7 Å². The van der Waals surface area contributed by atoms with E-state index in [1.165, 1.54) is 24.0 Å². The van der Waals surface area contributed by atoms with Gasteiger partial charge in [-0.25, -0.2) is 4.79 Å². The van der Waals surface area contributed by atoms with E-state index in [9.17, 15) is 22.8 Å². The van der Waals surface area contributed by atoms with Crippen LogP contribution in [0.4, 0.5) is 18.0 Å². The van der Waals surface area contributed by atoms with E-state index in [1.807, 2.05) is 6.92 Å². The molecule has 0 fully saturated rings. The van der Waals surface area contributed by atoms with Gasteiger partial charge in [0.1, 0.15) is 5.75 Å². The molecule has 0 aliphatic heterocycles. The van der Waals surface area contributed by atoms with Gasteiger partial charge in [0, 0.05) is 25.7 Å². The normalized spacial score (nSPS) is 12.6. The largest absolute Gasteiger partial charge is 0.493 e. The Bertz CT molecular complexity index is 913. The van der Waals surface area contributed by atoms with E-state index in [4.69, 9.17) is 14.4 Å². The Kier molecular flexibility index (Phi) is 8.12. The van der Waals surface area contributed by atoms with Gasteiger partial charge in [0.2, 0.25) is 0 Å². The van der Waals surface area contributed by atoms with Crippen molar-refractivity contribution in [3.63, 3.8) is 0 Å². The van der Waals surface area contributed by atoms with Crippen molar-refractivity contribution in [2.24, 2.45) is 5.92 Å².